The highest BCUT2D eigenvalue weighted by Crippen LogP contribution is 2.30. The molecule has 2 aromatic carbocycles. The van der Waals surface area contributed by atoms with E-state index < -0.39 is 4.92 Å². The Bertz CT molecular complexity index is 1450. The molecule has 0 bridgehead atoms. The Balaban J connectivity index is 1.42. The predicted molar refractivity (Wildman–Crippen MR) is 115 cm³/mol. The van der Waals surface area contributed by atoms with E-state index in [-0.39, 0.29) is 29.5 Å². The fourth-order valence-corrected chi connectivity index (χ4v) is 4.18. The predicted octanol–water partition coefficient (Wildman–Crippen LogP) is 4.13. The highest BCUT2D eigenvalue weighted by Gasteiger charge is 2.14. The number of nitrogens with zero attached hydrogens (tertiary/aromatic N) is 5. The maximum Gasteiger partial charge on any atom is 0.271 e. The number of nitro groups is 1. The van der Waals surface area contributed by atoms with Crippen molar-refractivity contribution in [3.05, 3.63) is 93.3 Å². The van der Waals surface area contributed by atoms with Crippen molar-refractivity contribution >= 4 is 27.2 Å². The number of thiophene rings is 1. The molecule has 3 aromatic heterocycles. The van der Waals surface area contributed by atoms with Crippen LogP contribution >= 0.6 is 11.3 Å². The second-order valence-corrected chi connectivity index (χ2v) is 7.74. The molecule has 0 spiro atoms. The Labute approximate surface area is 178 Å². The molecule has 0 aliphatic heterocycles. The Kier molecular flexibility index (Phi) is 4.60. The van der Waals surface area contributed by atoms with E-state index in [1.165, 1.54) is 34.4 Å². The molecule has 10 heteroatoms. The van der Waals surface area contributed by atoms with Gasteiger partial charge in [-0.05, 0) is 23.8 Å². The van der Waals surface area contributed by atoms with Crippen LogP contribution in [0.2, 0.25) is 0 Å². The van der Waals surface area contributed by atoms with E-state index in [1.54, 1.807) is 12.1 Å². The first kappa shape index (κ1) is 18.8. The quantitative estimate of drug-likeness (QED) is 0.303. The van der Waals surface area contributed by atoms with Gasteiger partial charge in [0.05, 0.1) is 16.8 Å². The molecule has 5 aromatic rings. The highest BCUT2D eigenvalue weighted by molar-refractivity contribution is 7.22. The van der Waals surface area contributed by atoms with E-state index in [1.807, 2.05) is 36.4 Å². The molecule has 3 heterocycles. The first-order valence-electron chi connectivity index (χ1n) is 9.20. The fourth-order valence-electron chi connectivity index (χ4n) is 3.12. The number of fused-ring (bicyclic) bond motifs is 1. The van der Waals surface area contributed by atoms with E-state index >= 15 is 0 Å². The summed E-state index contributed by atoms with van der Waals surface area (Å²) < 4.78 is 7.23. The molecule has 0 amide bonds. The van der Waals surface area contributed by atoms with Crippen molar-refractivity contribution in [2.45, 2.75) is 6.54 Å². The molecular weight excluding hydrogens is 418 g/mol. The van der Waals surface area contributed by atoms with Gasteiger partial charge in [-0.25, -0.2) is 4.98 Å². The average Bonchev–Trinajstić information content (AvgIpc) is 3.44. The van der Waals surface area contributed by atoms with Gasteiger partial charge >= 0.3 is 0 Å². The summed E-state index contributed by atoms with van der Waals surface area (Å²) in [5.74, 6) is 0.519. The second kappa shape index (κ2) is 7.58. The summed E-state index contributed by atoms with van der Waals surface area (Å²) in [5.41, 5.74) is 2.03. The Morgan fingerprint density at radius 1 is 1.06 bits per heavy atom. The minimum atomic E-state index is -0.477. The number of rotatable bonds is 5. The number of hydrogen-bond acceptors (Lipinski definition) is 8. The second-order valence-electron chi connectivity index (χ2n) is 6.68. The minimum Gasteiger partial charge on any atom is -0.337 e. The summed E-state index contributed by atoms with van der Waals surface area (Å²) in [5, 5.41) is 14.7. The maximum atomic E-state index is 12.9. The molecule has 0 atom stereocenters. The summed E-state index contributed by atoms with van der Waals surface area (Å²) in [7, 11) is 0. The van der Waals surface area contributed by atoms with Gasteiger partial charge in [0.1, 0.15) is 11.2 Å². The van der Waals surface area contributed by atoms with Gasteiger partial charge < -0.3 is 4.52 Å². The molecule has 5 rings (SSSR count). The first-order chi connectivity index (χ1) is 15.1. The third-order valence-electron chi connectivity index (χ3n) is 4.67. The van der Waals surface area contributed by atoms with Gasteiger partial charge in [0.15, 0.2) is 0 Å². The van der Waals surface area contributed by atoms with E-state index in [0.29, 0.717) is 15.8 Å². The van der Waals surface area contributed by atoms with E-state index in [9.17, 15) is 14.9 Å². The molecule has 0 unspecified atom stereocenters. The molecule has 31 heavy (non-hydrogen) atoms. The van der Waals surface area contributed by atoms with E-state index in [4.69, 9.17) is 4.52 Å². The van der Waals surface area contributed by atoms with Crippen LogP contribution in [0, 0.1) is 10.1 Å². The number of benzene rings is 2. The molecule has 0 aliphatic carbocycles. The van der Waals surface area contributed by atoms with Crippen molar-refractivity contribution in [1.29, 1.82) is 0 Å². The summed E-state index contributed by atoms with van der Waals surface area (Å²) >= 11 is 1.39. The molecule has 0 fully saturated rings. The van der Waals surface area contributed by atoms with Crippen LogP contribution in [0.5, 0.6) is 0 Å². The van der Waals surface area contributed by atoms with Gasteiger partial charge in [-0.1, -0.05) is 35.5 Å². The molecule has 0 saturated carbocycles. The molecule has 152 valence electrons. The zero-order chi connectivity index (χ0) is 21.4. The van der Waals surface area contributed by atoms with Crippen LogP contribution in [0.1, 0.15) is 5.89 Å². The zero-order valence-electron chi connectivity index (χ0n) is 15.8. The first-order valence-corrected chi connectivity index (χ1v) is 10.0. The topological polar surface area (TPSA) is 117 Å². The van der Waals surface area contributed by atoms with Crippen LogP contribution in [-0.2, 0) is 6.54 Å². The lowest BCUT2D eigenvalue weighted by Crippen LogP contribution is -2.20. The molecule has 0 radical (unpaired) electrons. The standard InChI is InChI=1S/C21H13N5O4S/c27-21-19-16(10-17(31-19)13-4-2-1-3-5-13)22-12-25(21)11-18-23-20(24-30-18)14-6-8-15(9-7-14)26(28)29/h1-10,12H,11H2. The van der Waals surface area contributed by atoms with Gasteiger partial charge in [0.2, 0.25) is 11.7 Å². The molecule has 0 aliphatic rings. The van der Waals surface area contributed by atoms with Crippen molar-refractivity contribution in [3.8, 4) is 21.8 Å². The third kappa shape index (κ3) is 3.60. The van der Waals surface area contributed by atoms with Crippen LogP contribution in [0.3, 0.4) is 0 Å². The van der Waals surface area contributed by atoms with Crippen LogP contribution in [0.25, 0.3) is 32.0 Å². The Morgan fingerprint density at radius 3 is 2.58 bits per heavy atom. The van der Waals surface area contributed by atoms with Crippen molar-refractivity contribution in [2.75, 3.05) is 0 Å². The van der Waals surface area contributed by atoms with Crippen molar-refractivity contribution in [3.63, 3.8) is 0 Å². The zero-order valence-corrected chi connectivity index (χ0v) is 16.7. The third-order valence-corrected chi connectivity index (χ3v) is 5.83. The minimum absolute atomic E-state index is 0.0239. The number of hydrogen-bond donors (Lipinski definition) is 0. The SMILES string of the molecule is O=c1c2sc(-c3ccccc3)cc2ncn1Cc1nc(-c2ccc([N+](=O)[O-])cc2)no1. The summed E-state index contributed by atoms with van der Waals surface area (Å²) in [6.07, 6.45) is 1.46. The summed E-state index contributed by atoms with van der Waals surface area (Å²) in [6.45, 7) is 0.0698. The number of aromatic nitrogens is 4. The highest BCUT2D eigenvalue weighted by atomic mass is 32.1. The number of nitro benzene ring substituents is 1. The average molecular weight is 431 g/mol. The van der Waals surface area contributed by atoms with Crippen molar-refractivity contribution in [2.24, 2.45) is 0 Å². The normalized spacial score (nSPS) is 11.1. The summed E-state index contributed by atoms with van der Waals surface area (Å²) in [4.78, 5) is 32.9. The maximum absolute atomic E-state index is 12.9. The Hall–Kier alpha value is -4.18. The van der Waals surface area contributed by atoms with Crippen LogP contribution < -0.4 is 5.56 Å². The van der Waals surface area contributed by atoms with Gasteiger partial charge in [-0.15, -0.1) is 11.3 Å². The fraction of sp³-hybridized carbons (Fsp3) is 0.0476. The monoisotopic (exact) mass is 431 g/mol. The number of non-ortho nitro benzene ring substituents is 1. The van der Waals surface area contributed by atoms with Crippen LogP contribution in [0.15, 0.2) is 76.3 Å². The lowest BCUT2D eigenvalue weighted by Gasteiger charge is -2.00. The largest absolute Gasteiger partial charge is 0.337 e. The molecule has 9 nitrogen and oxygen atoms in total. The lowest BCUT2D eigenvalue weighted by atomic mass is 10.2. The Morgan fingerprint density at radius 2 is 1.84 bits per heavy atom. The molecular formula is C21H13N5O4S. The van der Waals surface area contributed by atoms with Gasteiger partial charge in [0.25, 0.3) is 11.2 Å². The van der Waals surface area contributed by atoms with E-state index in [2.05, 4.69) is 15.1 Å². The van der Waals surface area contributed by atoms with Gasteiger partial charge in [-0.2, -0.15) is 4.98 Å². The van der Waals surface area contributed by atoms with Crippen LogP contribution in [0.4, 0.5) is 5.69 Å². The molecule has 0 N–H and O–H groups in total. The van der Waals surface area contributed by atoms with E-state index in [0.717, 1.165) is 10.4 Å². The van der Waals surface area contributed by atoms with Crippen LogP contribution in [-0.4, -0.2) is 24.6 Å². The van der Waals surface area contributed by atoms with Gasteiger partial charge in [-0.3, -0.25) is 19.5 Å². The lowest BCUT2D eigenvalue weighted by molar-refractivity contribution is -0.384. The van der Waals surface area contributed by atoms with Crippen molar-refractivity contribution in [1.82, 2.24) is 19.7 Å². The van der Waals surface area contributed by atoms with Crippen molar-refractivity contribution < 1.29 is 9.45 Å². The summed E-state index contributed by atoms with van der Waals surface area (Å²) in [6, 6.07) is 17.5. The van der Waals surface area contributed by atoms with Gasteiger partial charge in [0, 0.05) is 22.6 Å². The smallest absolute Gasteiger partial charge is 0.271 e. The molecule has 0 saturated heterocycles.